The quantitative estimate of drug-likeness (QED) is 0.456. The molecule has 0 bridgehead atoms. The maximum Gasteiger partial charge on any atom is 0.355 e. The largest absolute Gasteiger partial charge is 0.469 e. The molecular weight excluding hydrogens is 418 g/mol. The number of thiazole rings is 1. The van der Waals surface area contributed by atoms with Crippen LogP contribution in [0.3, 0.4) is 0 Å². The lowest BCUT2D eigenvalue weighted by Gasteiger charge is -2.33. The number of nitrogens with zero attached hydrogens (tertiary/aromatic N) is 3. The average Bonchev–Trinajstić information content (AvgIpc) is 3.29. The Balaban J connectivity index is 1.47. The molecular formula is C22H27N3O5S. The van der Waals surface area contributed by atoms with Gasteiger partial charge in [-0.25, -0.2) is 9.78 Å². The molecule has 0 N–H and O–H groups in total. The van der Waals surface area contributed by atoms with E-state index in [1.54, 1.807) is 24.1 Å². The highest BCUT2D eigenvalue weighted by Gasteiger charge is 2.28. The Kier molecular flexibility index (Phi) is 8.00. The van der Waals surface area contributed by atoms with Crippen molar-refractivity contribution in [3.8, 4) is 5.75 Å². The van der Waals surface area contributed by atoms with Crippen LogP contribution in [0.5, 0.6) is 5.75 Å². The lowest BCUT2D eigenvalue weighted by atomic mass is 9.95. The second kappa shape index (κ2) is 10.9. The summed E-state index contributed by atoms with van der Waals surface area (Å²) in [5, 5.41) is 0.761. The van der Waals surface area contributed by atoms with Crippen molar-refractivity contribution >= 4 is 34.3 Å². The second-order valence-corrected chi connectivity index (χ2v) is 8.42. The van der Waals surface area contributed by atoms with Crippen molar-refractivity contribution in [2.75, 3.05) is 38.7 Å². The van der Waals surface area contributed by atoms with Gasteiger partial charge in [0, 0.05) is 39.0 Å². The van der Waals surface area contributed by atoms with Crippen LogP contribution in [0.15, 0.2) is 36.5 Å². The second-order valence-electron chi connectivity index (χ2n) is 7.41. The van der Waals surface area contributed by atoms with Crippen LogP contribution in [0.1, 0.15) is 35.4 Å². The van der Waals surface area contributed by atoms with E-state index in [1.165, 1.54) is 24.6 Å². The summed E-state index contributed by atoms with van der Waals surface area (Å²) in [6.07, 6.45) is 3.89. The lowest BCUT2D eigenvalue weighted by molar-refractivity contribution is -0.141. The SMILES string of the molecule is COC(=O)CCCN(C)C(=O)C1CCN(c2ncc(C(=O)Oc3ccccc3)s2)CC1. The number of rotatable bonds is 8. The molecule has 1 fully saturated rings. The van der Waals surface area contributed by atoms with E-state index in [9.17, 15) is 14.4 Å². The number of methoxy groups -OCH3 is 1. The van der Waals surface area contributed by atoms with Crippen molar-refractivity contribution in [1.82, 2.24) is 9.88 Å². The third kappa shape index (κ3) is 6.27. The van der Waals surface area contributed by atoms with Crippen molar-refractivity contribution in [3.63, 3.8) is 0 Å². The van der Waals surface area contributed by atoms with Gasteiger partial charge >= 0.3 is 11.9 Å². The topological polar surface area (TPSA) is 89.0 Å². The summed E-state index contributed by atoms with van der Waals surface area (Å²) in [5.74, 6) is -0.117. The first kappa shape index (κ1) is 22.7. The molecule has 8 nitrogen and oxygen atoms in total. The van der Waals surface area contributed by atoms with Gasteiger partial charge in [-0.05, 0) is 31.4 Å². The van der Waals surface area contributed by atoms with E-state index in [4.69, 9.17) is 4.74 Å². The van der Waals surface area contributed by atoms with Gasteiger partial charge in [-0.1, -0.05) is 29.5 Å². The van der Waals surface area contributed by atoms with Crippen LogP contribution in [0.4, 0.5) is 5.13 Å². The van der Waals surface area contributed by atoms with Gasteiger partial charge in [0.05, 0.1) is 13.3 Å². The Morgan fingerprint density at radius 1 is 1.19 bits per heavy atom. The van der Waals surface area contributed by atoms with Gasteiger partial charge in [0.1, 0.15) is 10.6 Å². The van der Waals surface area contributed by atoms with Crippen LogP contribution in [0, 0.1) is 5.92 Å². The molecule has 1 amide bonds. The molecule has 166 valence electrons. The van der Waals surface area contributed by atoms with Gasteiger partial charge in [0.2, 0.25) is 5.91 Å². The number of para-hydroxylation sites is 1. The van der Waals surface area contributed by atoms with Crippen LogP contribution in [0.25, 0.3) is 0 Å². The standard InChI is InChI=1S/C22H27N3O5S/c1-24(12-6-9-19(26)29-2)20(27)16-10-13-25(14-11-16)22-23-15-18(31-22)21(28)30-17-7-4-3-5-8-17/h3-5,7-8,15-16H,6,9-14H2,1-2H3. The molecule has 0 radical (unpaired) electrons. The van der Waals surface area contributed by atoms with Crippen molar-refractivity contribution < 1.29 is 23.9 Å². The Hall–Kier alpha value is -2.94. The number of amides is 1. The number of anilines is 1. The normalized spacial score (nSPS) is 14.2. The molecule has 1 aliphatic heterocycles. The average molecular weight is 446 g/mol. The Bertz CT molecular complexity index is 894. The summed E-state index contributed by atoms with van der Waals surface area (Å²) < 4.78 is 9.99. The van der Waals surface area contributed by atoms with E-state index in [1.807, 2.05) is 18.2 Å². The van der Waals surface area contributed by atoms with Gasteiger partial charge in [-0.2, -0.15) is 0 Å². The van der Waals surface area contributed by atoms with Crippen LogP contribution in [0.2, 0.25) is 0 Å². The lowest BCUT2D eigenvalue weighted by Crippen LogP contribution is -2.41. The van der Waals surface area contributed by atoms with E-state index in [-0.39, 0.29) is 17.8 Å². The monoisotopic (exact) mass is 445 g/mol. The predicted octanol–water partition coefficient (Wildman–Crippen LogP) is 2.99. The van der Waals surface area contributed by atoms with Gasteiger partial charge < -0.3 is 19.3 Å². The van der Waals surface area contributed by atoms with Crippen LogP contribution < -0.4 is 9.64 Å². The minimum atomic E-state index is -0.423. The zero-order valence-corrected chi connectivity index (χ0v) is 18.6. The first-order valence-corrected chi connectivity index (χ1v) is 11.1. The zero-order chi connectivity index (χ0) is 22.2. The number of carbonyl (C=O) groups excluding carboxylic acids is 3. The zero-order valence-electron chi connectivity index (χ0n) is 17.8. The van der Waals surface area contributed by atoms with Crippen molar-refractivity contribution in [2.45, 2.75) is 25.7 Å². The molecule has 3 rings (SSSR count). The fourth-order valence-corrected chi connectivity index (χ4v) is 4.30. The molecule has 1 aliphatic rings. The number of hydrogen-bond donors (Lipinski definition) is 0. The number of benzene rings is 1. The van der Waals surface area contributed by atoms with Gasteiger partial charge in [0.15, 0.2) is 5.13 Å². The highest BCUT2D eigenvalue weighted by atomic mass is 32.1. The smallest absolute Gasteiger partial charge is 0.355 e. The molecule has 1 saturated heterocycles. The maximum absolute atomic E-state index is 12.7. The summed E-state index contributed by atoms with van der Waals surface area (Å²) in [4.78, 5) is 44.8. The molecule has 0 spiro atoms. The number of ether oxygens (including phenoxy) is 2. The number of carbonyl (C=O) groups is 3. The molecule has 0 saturated carbocycles. The van der Waals surface area contributed by atoms with E-state index in [0.29, 0.717) is 43.1 Å². The minimum absolute atomic E-state index is 0.0399. The van der Waals surface area contributed by atoms with Gasteiger partial charge in [-0.15, -0.1) is 0 Å². The van der Waals surface area contributed by atoms with Crippen LogP contribution >= 0.6 is 11.3 Å². The Morgan fingerprint density at radius 2 is 1.90 bits per heavy atom. The summed E-state index contributed by atoms with van der Waals surface area (Å²) >= 11 is 1.30. The van der Waals surface area contributed by atoms with Gasteiger partial charge in [-0.3, -0.25) is 9.59 Å². The minimum Gasteiger partial charge on any atom is -0.469 e. The van der Waals surface area contributed by atoms with E-state index < -0.39 is 5.97 Å². The summed E-state index contributed by atoms with van der Waals surface area (Å²) in [5.41, 5.74) is 0. The van der Waals surface area contributed by atoms with E-state index in [2.05, 4.69) is 14.6 Å². The van der Waals surface area contributed by atoms with Crippen molar-refractivity contribution in [2.24, 2.45) is 5.92 Å². The molecule has 31 heavy (non-hydrogen) atoms. The highest BCUT2D eigenvalue weighted by Crippen LogP contribution is 2.29. The number of esters is 2. The molecule has 0 aliphatic carbocycles. The third-order valence-corrected chi connectivity index (χ3v) is 6.28. The molecule has 1 aromatic heterocycles. The number of hydrogen-bond acceptors (Lipinski definition) is 8. The summed E-state index contributed by atoms with van der Waals surface area (Å²) in [7, 11) is 3.14. The molecule has 2 heterocycles. The third-order valence-electron chi connectivity index (χ3n) is 5.24. The Morgan fingerprint density at radius 3 is 2.58 bits per heavy atom. The van der Waals surface area contributed by atoms with E-state index >= 15 is 0 Å². The fraction of sp³-hybridized carbons (Fsp3) is 0.455. The first-order valence-electron chi connectivity index (χ1n) is 10.3. The van der Waals surface area contributed by atoms with Crippen LogP contribution in [-0.4, -0.2) is 61.5 Å². The molecule has 0 atom stereocenters. The molecule has 0 unspecified atom stereocenters. The summed E-state index contributed by atoms with van der Waals surface area (Å²) in [6, 6.07) is 8.93. The number of aromatic nitrogens is 1. The predicted molar refractivity (Wildman–Crippen MR) is 117 cm³/mol. The van der Waals surface area contributed by atoms with Crippen molar-refractivity contribution in [1.29, 1.82) is 0 Å². The molecule has 1 aromatic carbocycles. The Labute approximate surface area is 185 Å². The van der Waals surface area contributed by atoms with Crippen molar-refractivity contribution in [3.05, 3.63) is 41.4 Å². The van der Waals surface area contributed by atoms with Gasteiger partial charge in [0.25, 0.3) is 0 Å². The van der Waals surface area contributed by atoms with Crippen LogP contribution in [-0.2, 0) is 14.3 Å². The number of piperidine rings is 1. The highest BCUT2D eigenvalue weighted by molar-refractivity contribution is 7.17. The summed E-state index contributed by atoms with van der Waals surface area (Å²) in [6.45, 7) is 1.94. The first-order chi connectivity index (χ1) is 15.0. The maximum atomic E-state index is 12.7. The molecule has 9 heteroatoms. The van der Waals surface area contributed by atoms with E-state index in [0.717, 1.165) is 18.0 Å². The molecule has 2 aromatic rings. The fourth-order valence-electron chi connectivity index (χ4n) is 3.45.